The van der Waals surface area contributed by atoms with Gasteiger partial charge in [0.05, 0.1) is 0 Å². The third-order valence-electron chi connectivity index (χ3n) is 3.63. The average Bonchev–Trinajstić information content (AvgIpc) is 3.01. The predicted molar refractivity (Wildman–Crippen MR) is 90.2 cm³/mol. The molecule has 1 aliphatic rings. The molecule has 0 radical (unpaired) electrons. The molecule has 8 heteroatoms. The number of hydrogen-bond acceptors (Lipinski definition) is 3. The number of alkyl halides is 3. The van der Waals surface area contributed by atoms with E-state index in [0.717, 1.165) is 23.5 Å². The van der Waals surface area contributed by atoms with Crippen molar-refractivity contribution < 1.29 is 22.6 Å². The van der Waals surface area contributed by atoms with Crippen LogP contribution in [0.4, 0.5) is 13.2 Å². The summed E-state index contributed by atoms with van der Waals surface area (Å²) < 4.78 is 46.9. The van der Waals surface area contributed by atoms with Gasteiger partial charge in [0.1, 0.15) is 0 Å². The third kappa shape index (κ3) is 7.11. The number of unbranched alkanes of at least 4 members (excludes halogenated alkanes) is 1. The summed E-state index contributed by atoms with van der Waals surface area (Å²) in [6, 6.07) is 5.82. The summed E-state index contributed by atoms with van der Waals surface area (Å²) >= 11 is 0. The lowest BCUT2D eigenvalue weighted by Gasteiger charge is -2.11. The van der Waals surface area contributed by atoms with E-state index in [1.54, 1.807) is 0 Å². The first-order chi connectivity index (χ1) is 12.0. The zero-order valence-corrected chi connectivity index (χ0v) is 14.3. The summed E-state index contributed by atoms with van der Waals surface area (Å²) in [6.45, 7) is 3.92. The zero-order valence-electron chi connectivity index (χ0n) is 14.3. The lowest BCUT2D eigenvalue weighted by molar-refractivity contribution is -0.135. The van der Waals surface area contributed by atoms with Gasteiger partial charge in [-0.25, -0.2) is 0 Å². The predicted octanol–water partition coefficient (Wildman–Crippen LogP) is 3.25. The Morgan fingerprint density at radius 1 is 1.16 bits per heavy atom. The number of halogens is 3. The van der Waals surface area contributed by atoms with Crippen LogP contribution >= 0.6 is 0 Å². The monoisotopic (exact) mass is 359 g/mol. The summed E-state index contributed by atoms with van der Waals surface area (Å²) in [7, 11) is 0. The Kier molecular flexibility index (Phi) is 7.21. The van der Waals surface area contributed by atoms with Gasteiger partial charge >= 0.3 is 6.18 Å². The van der Waals surface area contributed by atoms with Crippen LogP contribution in [0.2, 0.25) is 0 Å². The van der Waals surface area contributed by atoms with Crippen LogP contribution in [0.1, 0.15) is 31.7 Å². The molecule has 0 saturated carbocycles. The first-order valence-corrected chi connectivity index (χ1v) is 8.45. The fraction of sp³-hybridized carbons (Fsp3) is 0.588. The topological polar surface area (TPSA) is 54.9 Å². The van der Waals surface area contributed by atoms with E-state index in [0.29, 0.717) is 32.0 Å². The van der Waals surface area contributed by atoms with Crippen LogP contribution in [0.5, 0.6) is 11.5 Å². The van der Waals surface area contributed by atoms with Gasteiger partial charge in [-0.05, 0) is 43.9 Å². The summed E-state index contributed by atoms with van der Waals surface area (Å²) in [4.78, 5) is 4.30. The maximum absolute atomic E-state index is 12.1. The number of benzene rings is 1. The molecule has 140 valence electrons. The molecule has 0 bridgehead atoms. The first kappa shape index (κ1) is 19.2. The van der Waals surface area contributed by atoms with E-state index in [4.69, 9.17) is 9.47 Å². The Labute approximate surface area is 145 Å². The Bertz CT molecular complexity index is 577. The van der Waals surface area contributed by atoms with Crippen LogP contribution in [-0.2, 0) is 6.42 Å². The fourth-order valence-corrected chi connectivity index (χ4v) is 2.39. The molecule has 0 saturated heterocycles. The molecule has 1 aromatic rings. The summed E-state index contributed by atoms with van der Waals surface area (Å²) in [5.41, 5.74) is 1.11. The van der Waals surface area contributed by atoms with Crippen LogP contribution in [-0.4, -0.2) is 38.6 Å². The van der Waals surface area contributed by atoms with Crippen molar-refractivity contribution in [3.8, 4) is 11.5 Å². The van der Waals surface area contributed by atoms with Gasteiger partial charge in [0, 0.05) is 26.1 Å². The van der Waals surface area contributed by atoms with E-state index in [2.05, 4.69) is 15.6 Å². The Morgan fingerprint density at radius 2 is 1.96 bits per heavy atom. The SMILES string of the molecule is CCNC(=NCCCCC(F)(F)F)NCCc1ccc2c(c1)OCO2. The highest BCUT2D eigenvalue weighted by molar-refractivity contribution is 5.79. The maximum Gasteiger partial charge on any atom is 0.389 e. The van der Waals surface area contributed by atoms with Crippen molar-refractivity contribution in [1.82, 2.24) is 10.6 Å². The first-order valence-electron chi connectivity index (χ1n) is 8.45. The van der Waals surface area contributed by atoms with Gasteiger partial charge in [-0.1, -0.05) is 6.07 Å². The number of guanidine groups is 1. The van der Waals surface area contributed by atoms with Crippen molar-refractivity contribution in [2.75, 3.05) is 26.4 Å². The van der Waals surface area contributed by atoms with Gasteiger partial charge in [0.2, 0.25) is 6.79 Å². The van der Waals surface area contributed by atoms with Gasteiger partial charge in [-0.15, -0.1) is 0 Å². The lowest BCUT2D eigenvalue weighted by atomic mass is 10.1. The van der Waals surface area contributed by atoms with Crippen LogP contribution in [0.3, 0.4) is 0 Å². The molecule has 2 N–H and O–H groups in total. The number of aliphatic imine (C=N–C) groups is 1. The van der Waals surface area contributed by atoms with E-state index in [-0.39, 0.29) is 13.2 Å². The molecule has 2 rings (SSSR count). The van der Waals surface area contributed by atoms with Crippen molar-refractivity contribution in [3.05, 3.63) is 23.8 Å². The lowest BCUT2D eigenvalue weighted by Crippen LogP contribution is -2.38. The smallest absolute Gasteiger partial charge is 0.389 e. The Morgan fingerprint density at radius 3 is 2.72 bits per heavy atom. The normalized spacial score (nSPS) is 13.8. The van der Waals surface area contributed by atoms with E-state index >= 15 is 0 Å². The van der Waals surface area contributed by atoms with Crippen molar-refractivity contribution in [2.45, 2.75) is 38.8 Å². The maximum atomic E-state index is 12.1. The van der Waals surface area contributed by atoms with Crippen molar-refractivity contribution in [3.63, 3.8) is 0 Å². The Balaban J connectivity index is 1.72. The molecule has 1 aromatic carbocycles. The summed E-state index contributed by atoms with van der Waals surface area (Å²) in [6.07, 6.45) is -3.55. The molecule has 0 amide bonds. The molecule has 0 fully saturated rings. The van der Waals surface area contributed by atoms with E-state index < -0.39 is 12.6 Å². The highest BCUT2D eigenvalue weighted by Gasteiger charge is 2.25. The number of nitrogens with one attached hydrogen (secondary N) is 2. The highest BCUT2D eigenvalue weighted by atomic mass is 19.4. The molecule has 0 aliphatic carbocycles. The van der Waals surface area contributed by atoms with Crippen molar-refractivity contribution in [1.29, 1.82) is 0 Å². The molecule has 5 nitrogen and oxygen atoms in total. The highest BCUT2D eigenvalue weighted by Crippen LogP contribution is 2.32. The zero-order chi connectivity index (χ0) is 18.1. The van der Waals surface area contributed by atoms with Crippen molar-refractivity contribution >= 4 is 5.96 Å². The molecule has 25 heavy (non-hydrogen) atoms. The van der Waals surface area contributed by atoms with Crippen LogP contribution in [0, 0.1) is 0 Å². The van der Waals surface area contributed by atoms with Gasteiger partial charge in [0.15, 0.2) is 17.5 Å². The quantitative estimate of drug-likeness (QED) is 0.425. The second-order valence-corrected chi connectivity index (χ2v) is 5.70. The minimum absolute atomic E-state index is 0.101. The van der Waals surface area contributed by atoms with E-state index in [9.17, 15) is 13.2 Å². The summed E-state index contributed by atoms with van der Waals surface area (Å²) in [5.74, 6) is 2.13. The largest absolute Gasteiger partial charge is 0.454 e. The van der Waals surface area contributed by atoms with Gasteiger partial charge < -0.3 is 20.1 Å². The third-order valence-corrected chi connectivity index (χ3v) is 3.63. The number of nitrogens with zero attached hydrogens (tertiary/aromatic N) is 1. The van der Waals surface area contributed by atoms with Crippen LogP contribution < -0.4 is 20.1 Å². The molecule has 0 spiro atoms. The molecular formula is C17H24F3N3O2. The van der Waals surface area contributed by atoms with Gasteiger partial charge in [0.25, 0.3) is 0 Å². The second-order valence-electron chi connectivity index (χ2n) is 5.70. The van der Waals surface area contributed by atoms with Crippen molar-refractivity contribution in [2.24, 2.45) is 4.99 Å². The van der Waals surface area contributed by atoms with Crippen LogP contribution in [0.15, 0.2) is 23.2 Å². The number of ether oxygens (including phenoxy) is 2. The fourth-order valence-electron chi connectivity index (χ4n) is 2.39. The van der Waals surface area contributed by atoms with E-state index in [1.807, 2.05) is 25.1 Å². The van der Waals surface area contributed by atoms with Crippen LogP contribution in [0.25, 0.3) is 0 Å². The van der Waals surface area contributed by atoms with E-state index in [1.165, 1.54) is 0 Å². The summed E-state index contributed by atoms with van der Waals surface area (Å²) in [5, 5.41) is 6.28. The number of rotatable bonds is 8. The number of hydrogen-bond donors (Lipinski definition) is 2. The Hall–Kier alpha value is -2.12. The molecule has 0 aromatic heterocycles. The van der Waals surface area contributed by atoms with Gasteiger partial charge in [-0.2, -0.15) is 13.2 Å². The standard InChI is InChI=1S/C17H24F3N3O2/c1-2-21-16(22-9-4-3-8-17(18,19)20)23-10-7-13-5-6-14-15(11-13)25-12-24-14/h5-6,11H,2-4,7-10,12H2,1H3,(H2,21,22,23). The second kappa shape index (κ2) is 9.39. The number of fused-ring (bicyclic) bond motifs is 1. The molecule has 1 heterocycles. The average molecular weight is 359 g/mol. The molecule has 0 atom stereocenters. The molecule has 1 aliphatic heterocycles. The minimum Gasteiger partial charge on any atom is -0.454 e. The van der Waals surface area contributed by atoms with Gasteiger partial charge in [-0.3, -0.25) is 4.99 Å². The molecular weight excluding hydrogens is 335 g/mol. The minimum atomic E-state index is -4.09. The molecule has 0 unspecified atom stereocenters.